The molecular formula is C23H15BrClN3O4. The van der Waals surface area contributed by atoms with Gasteiger partial charge < -0.3 is 10.1 Å². The van der Waals surface area contributed by atoms with Crippen molar-refractivity contribution in [3.63, 3.8) is 0 Å². The lowest BCUT2D eigenvalue weighted by atomic mass is 10.1. The van der Waals surface area contributed by atoms with E-state index in [9.17, 15) is 20.2 Å². The number of amides is 1. The molecule has 0 aromatic heterocycles. The highest BCUT2D eigenvalue weighted by Gasteiger charge is 2.11. The van der Waals surface area contributed by atoms with Crippen molar-refractivity contribution in [2.24, 2.45) is 0 Å². The summed E-state index contributed by atoms with van der Waals surface area (Å²) in [4.78, 5) is 22.7. The van der Waals surface area contributed by atoms with E-state index in [1.165, 1.54) is 18.2 Å². The molecule has 0 fully saturated rings. The number of carbonyl (C=O) groups is 1. The predicted octanol–water partition coefficient (Wildman–Crippen LogP) is 6.14. The molecule has 3 aromatic rings. The standard InChI is InChI=1S/C23H15BrClN3O4/c24-21-12-16(11-17(13-26)23(29)27-19-6-4-18(25)5-7-19)3-10-22(21)32-14-15-1-8-20(9-2-15)28(30)31/h1-12H,14H2,(H,27,29)/b17-11-. The van der Waals surface area contributed by atoms with Crippen LogP contribution >= 0.6 is 27.5 Å². The van der Waals surface area contributed by atoms with Crippen LogP contribution in [-0.4, -0.2) is 10.8 Å². The van der Waals surface area contributed by atoms with Crippen LogP contribution in [0.3, 0.4) is 0 Å². The average molecular weight is 513 g/mol. The Kier molecular flexibility index (Phi) is 7.60. The molecule has 1 N–H and O–H groups in total. The number of halogens is 2. The van der Waals surface area contributed by atoms with E-state index in [-0.39, 0.29) is 17.9 Å². The van der Waals surface area contributed by atoms with E-state index in [0.29, 0.717) is 26.5 Å². The van der Waals surface area contributed by atoms with Crippen LogP contribution in [0, 0.1) is 21.4 Å². The Morgan fingerprint density at radius 1 is 1.16 bits per heavy atom. The molecule has 3 rings (SSSR count). The van der Waals surface area contributed by atoms with Crippen molar-refractivity contribution < 1.29 is 14.5 Å². The second-order valence-corrected chi connectivity index (χ2v) is 7.82. The number of hydrogen-bond donors (Lipinski definition) is 1. The van der Waals surface area contributed by atoms with E-state index in [4.69, 9.17) is 16.3 Å². The number of ether oxygens (including phenoxy) is 1. The minimum absolute atomic E-state index is 0.0134. The molecule has 1 amide bonds. The van der Waals surface area contributed by atoms with Crippen LogP contribution in [0.25, 0.3) is 6.08 Å². The Morgan fingerprint density at radius 2 is 1.84 bits per heavy atom. The third kappa shape index (κ3) is 6.17. The number of benzene rings is 3. The monoisotopic (exact) mass is 511 g/mol. The Balaban J connectivity index is 1.67. The molecule has 0 aliphatic rings. The number of nitro groups is 1. The molecule has 7 nitrogen and oxygen atoms in total. The van der Waals surface area contributed by atoms with Crippen LogP contribution in [-0.2, 0) is 11.4 Å². The van der Waals surface area contributed by atoms with Gasteiger partial charge in [0.1, 0.15) is 24.0 Å². The van der Waals surface area contributed by atoms with E-state index in [0.717, 1.165) is 5.56 Å². The van der Waals surface area contributed by atoms with Gasteiger partial charge in [-0.3, -0.25) is 14.9 Å². The summed E-state index contributed by atoms with van der Waals surface area (Å²) in [6, 6.07) is 19.7. The molecule has 0 bridgehead atoms. The van der Waals surface area contributed by atoms with Crippen LogP contribution in [0.2, 0.25) is 5.02 Å². The van der Waals surface area contributed by atoms with Gasteiger partial charge in [0, 0.05) is 22.8 Å². The second-order valence-electron chi connectivity index (χ2n) is 6.53. The highest BCUT2D eigenvalue weighted by atomic mass is 79.9. The SMILES string of the molecule is N#C/C(=C/c1ccc(OCc2ccc([N+](=O)[O-])cc2)c(Br)c1)C(=O)Nc1ccc(Cl)cc1. The molecule has 3 aromatic carbocycles. The predicted molar refractivity (Wildman–Crippen MR) is 125 cm³/mol. The first-order valence-electron chi connectivity index (χ1n) is 9.20. The van der Waals surface area contributed by atoms with Gasteiger partial charge in [0.05, 0.1) is 9.40 Å². The normalized spacial score (nSPS) is 10.8. The molecular weight excluding hydrogens is 498 g/mol. The lowest BCUT2D eigenvalue weighted by Gasteiger charge is -2.09. The zero-order valence-electron chi connectivity index (χ0n) is 16.4. The highest BCUT2D eigenvalue weighted by Crippen LogP contribution is 2.28. The van der Waals surface area contributed by atoms with Crippen molar-refractivity contribution in [1.82, 2.24) is 0 Å². The number of hydrogen-bond acceptors (Lipinski definition) is 5. The summed E-state index contributed by atoms with van der Waals surface area (Å²) in [7, 11) is 0. The summed E-state index contributed by atoms with van der Waals surface area (Å²) in [6.45, 7) is 0.221. The zero-order chi connectivity index (χ0) is 23.1. The van der Waals surface area contributed by atoms with Crippen molar-refractivity contribution in [1.29, 1.82) is 5.26 Å². The molecule has 0 aliphatic carbocycles. The summed E-state index contributed by atoms with van der Waals surface area (Å²) in [6.07, 6.45) is 1.47. The number of anilines is 1. The van der Waals surface area contributed by atoms with Gasteiger partial charge in [-0.15, -0.1) is 0 Å². The van der Waals surface area contributed by atoms with Gasteiger partial charge in [0.2, 0.25) is 0 Å². The molecule has 0 heterocycles. The molecule has 0 aliphatic heterocycles. The molecule has 0 spiro atoms. The van der Waals surface area contributed by atoms with Crippen LogP contribution in [0.5, 0.6) is 5.75 Å². The molecule has 160 valence electrons. The lowest BCUT2D eigenvalue weighted by Crippen LogP contribution is -2.13. The quantitative estimate of drug-likeness (QED) is 0.177. The molecule has 0 saturated heterocycles. The maximum absolute atomic E-state index is 12.4. The van der Waals surface area contributed by atoms with Gasteiger partial charge in [0.15, 0.2) is 0 Å². The van der Waals surface area contributed by atoms with Gasteiger partial charge in [-0.1, -0.05) is 17.7 Å². The first-order valence-corrected chi connectivity index (χ1v) is 10.4. The summed E-state index contributed by atoms with van der Waals surface area (Å²) >= 11 is 9.25. The van der Waals surface area contributed by atoms with Gasteiger partial charge in [-0.25, -0.2) is 0 Å². The van der Waals surface area contributed by atoms with E-state index in [2.05, 4.69) is 21.2 Å². The first-order chi connectivity index (χ1) is 15.4. The molecule has 0 atom stereocenters. The number of nitrogens with one attached hydrogen (secondary N) is 1. The molecule has 0 radical (unpaired) electrons. The van der Waals surface area contributed by atoms with Crippen molar-refractivity contribution >= 4 is 50.9 Å². The Hall–Kier alpha value is -3.67. The largest absolute Gasteiger partial charge is 0.488 e. The highest BCUT2D eigenvalue weighted by molar-refractivity contribution is 9.10. The van der Waals surface area contributed by atoms with E-state index >= 15 is 0 Å². The number of nitrogens with zero attached hydrogens (tertiary/aromatic N) is 2. The third-order valence-corrected chi connectivity index (χ3v) is 5.15. The molecule has 9 heteroatoms. The summed E-state index contributed by atoms with van der Waals surface area (Å²) in [5.41, 5.74) is 1.88. The Labute approximate surface area is 197 Å². The average Bonchev–Trinajstić information content (AvgIpc) is 2.78. The molecule has 0 saturated carbocycles. The lowest BCUT2D eigenvalue weighted by molar-refractivity contribution is -0.384. The van der Waals surface area contributed by atoms with E-state index in [1.807, 2.05) is 6.07 Å². The minimum atomic E-state index is -0.538. The van der Waals surface area contributed by atoms with Gasteiger partial charge in [-0.2, -0.15) is 5.26 Å². The number of non-ortho nitro benzene ring substituents is 1. The number of nitro benzene ring substituents is 1. The fourth-order valence-electron chi connectivity index (χ4n) is 2.65. The summed E-state index contributed by atoms with van der Waals surface area (Å²) in [5.74, 6) is 0.00840. The number of rotatable bonds is 7. The smallest absolute Gasteiger partial charge is 0.269 e. The molecule has 0 unspecified atom stereocenters. The maximum Gasteiger partial charge on any atom is 0.269 e. The Morgan fingerprint density at radius 3 is 2.44 bits per heavy atom. The molecule has 32 heavy (non-hydrogen) atoms. The van der Waals surface area contributed by atoms with Crippen molar-refractivity contribution in [3.8, 4) is 11.8 Å². The number of carbonyl (C=O) groups excluding carboxylic acids is 1. The maximum atomic E-state index is 12.4. The fraction of sp³-hybridized carbons (Fsp3) is 0.0435. The second kappa shape index (κ2) is 10.6. The van der Waals surface area contributed by atoms with Crippen LogP contribution < -0.4 is 10.1 Å². The van der Waals surface area contributed by atoms with Gasteiger partial charge in [0.25, 0.3) is 11.6 Å². The fourth-order valence-corrected chi connectivity index (χ4v) is 3.28. The summed E-state index contributed by atoms with van der Waals surface area (Å²) < 4.78 is 6.38. The minimum Gasteiger partial charge on any atom is -0.488 e. The van der Waals surface area contributed by atoms with Crippen molar-refractivity contribution in [2.75, 3.05) is 5.32 Å². The van der Waals surface area contributed by atoms with Gasteiger partial charge >= 0.3 is 0 Å². The zero-order valence-corrected chi connectivity index (χ0v) is 18.8. The van der Waals surface area contributed by atoms with Crippen molar-refractivity contribution in [2.45, 2.75) is 6.61 Å². The van der Waals surface area contributed by atoms with E-state index < -0.39 is 10.8 Å². The first kappa shape index (κ1) is 23.0. The number of nitriles is 1. The summed E-state index contributed by atoms with van der Waals surface area (Å²) in [5, 5.41) is 23.3. The van der Waals surface area contributed by atoms with Crippen LogP contribution in [0.1, 0.15) is 11.1 Å². The van der Waals surface area contributed by atoms with Crippen LogP contribution in [0.15, 0.2) is 76.8 Å². The van der Waals surface area contributed by atoms with Gasteiger partial charge in [-0.05, 0) is 81.7 Å². The van der Waals surface area contributed by atoms with Crippen molar-refractivity contribution in [3.05, 3.63) is 103 Å². The topological polar surface area (TPSA) is 105 Å². The van der Waals surface area contributed by atoms with E-state index in [1.54, 1.807) is 54.6 Å². The Bertz CT molecular complexity index is 1220. The third-order valence-electron chi connectivity index (χ3n) is 4.28. The van der Waals surface area contributed by atoms with Crippen LogP contribution in [0.4, 0.5) is 11.4 Å².